The first kappa shape index (κ1) is 31.0. The van der Waals surface area contributed by atoms with Crippen LogP contribution in [0.3, 0.4) is 0 Å². The van der Waals surface area contributed by atoms with Gasteiger partial charge in [0.2, 0.25) is 0 Å². The van der Waals surface area contributed by atoms with E-state index >= 15 is 0 Å². The van der Waals surface area contributed by atoms with E-state index < -0.39 is 12.7 Å². The Morgan fingerprint density at radius 1 is 1.07 bits per heavy atom. The summed E-state index contributed by atoms with van der Waals surface area (Å²) in [5, 5.41) is 17.6. The van der Waals surface area contributed by atoms with Crippen LogP contribution >= 0.6 is 11.8 Å². The number of aromatic hydroxyl groups is 1. The van der Waals surface area contributed by atoms with Crippen LogP contribution < -0.4 is 10.6 Å². The molecule has 0 atom stereocenters. The van der Waals surface area contributed by atoms with Crippen molar-refractivity contribution in [2.45, 2.75) is 55.4 Å². The number of phenolic OH excluding ortho intramolecular Hbond substituents is 1. The van der Waals surface area contributed by atoms with Gasteiger partial charge in [-0.25, -0.2) is 0 Å². The third-order valence-corrected chi connectivity index (χ3v) is 9.26. The van der Waals surface area contributed by atoms with Crippen LogP contribution in [0.4, 0.5) is 24.5 Å². The molecular weight excluding hydrogens is 573 g/mol. The zero-order valence-electron chi connectivity index (χ0n) is 24.2. The van der Waals surface area contributed by atoms with Gasteiger partial charge in [0.1, 0.15) is 12.3 Å². The zero-order valence-corrected chi connectivity index (χ0v) is 25.0. The highest BCUT2D eigenvalue weighted by molar-refractivity contribution is 7.98. The standard InChI is InChI=1S/C31H35F3N4O2S.C2H2/c1-41-24-11-12-27(29(39)15-24)35-13-3-4-23-14-25-26(5-2-6-28(25)38(23)18-31(32,33)34)36-21-7-9-22(10-8-21)37-16-30(17-37)19-40-20-30;1-2/h2,5-6,11-12,14-15,21-22,35-36,39H,7-10,13,16-20H2,1H3;1-2H. The summed E-state index contributed by atoms with van der Waals surface area (Å²) in [5.41, 5.74) is 2.62. The molecule has 0 radical (unpaired) electrons. The molecule has 2 aliphatic heterocycles. The van der Waals surface area contributed by atoms with Gasteiger partial charge in [0.05, 0.1) is 36.7 Å². The lowest BCUT2D eigenvalue weighted by Crippen LogP contribution is -2.68. The molecule has 0 bridgehead atoms. The van der Waals surface area contributed by atoms with E-state index in [1.807, 2.05) is 24.5 Å². The summed E-state index contributed by atoms with van der Waals surface area (Å²) in [5.74, 6) is 5.98. The Morgan fingerprint density at radius 2 is 1.81 bits per heavy atom. The Bertz CT molecular complexity index is 1500. The molecule has 228 valence electrons. The van der Waals surface area contributed by atoms with E-state index in [2.05, 4.69) is 40.2 Å². The van der Waals surface area contributed by atoms with Gasteiger partial charge in [0.15, 0.2) is 0 Å². The molecule has 6 rings (SSSR count). The number of nitrogens with zero attached hydrogens (tertiary/aromatic N) is 2. The largest absolute Gasteiger partial charge is 0.506 e. The number of fused-ring (bicyclic) bond motifs is 1. The number of phenols is 1. The molecule has 1 saturated carbocycles. The summed E-state index contributed by atoms with van der Waals surface area (Å²) >= 11 is 1.52. The minimum Gasteiger partial charge on any atom is -0.506 e. The summed E-state index contributed by atoms with van der Waals surface area (Å²) < 4.78 is 47.4. The van der Waals surface area contributed by atoms with Crippen molar-refractivity contribution in [1.82, 2.24) is 9.47 Å². The average Bonchev–Trinajstić information content (AvgIpc) is 3.29. The van der Waals surface area contributed by atoms with Crippen LogP contribution in [0.5, 0.6) is 5.75 Å². The van der Waals surface area contributed by atoms with Gasteiger partial charge in [-0.05, 0) is 74.3 Å². The second kappa shape index (κ2) is 13.1. The van der Waals surface area contributed by atoms with E-state index in [1.54, 1.807) is 24.3 Å². The molecule has 1 spiro atoms. The number of ether oxygens (including phenoxy) is 1. The molecular formula is C33H37F3N4O2S. The van der Waals surface area contributed by atoms with Crippen molar-refractivity contribution in [3.63, 3.8) is 0 Å². The van der Waals surface area contributed by atoms with Gasteiger partial charge in [0, 0.05) is 46.6 Å². The van der Waals surface area contributed by atoms with Crippen LogP contribution in [0, 0.1) is 30.1 Å². The number of thioether (sulfide) groups is 1. The highest BCUT2D eigenvalue weighted by Crippen LogP contribution is 2.41. The third kappa shape index (κ3) is 7.04. The van der Waals surface area contributed by atoms with Crippen molar-refractivity contribution in [2.24, 2.45) is 5.41 Å². The van der Waals surface area contributed by atoms with Gasteiger partial charge in [-0.15, -0.1) is 24.6 Å². The number of benzene rings is 2. The highest BCUT2D eigenvalue weighted by atomic mass is 32.2. The molecule has 3 fully saturated rings. The number of anilines is 2. The smallest absolute Gasteiger partial charge is 0.406 e. The number of nitrogens with one attached hydrogen (secondary N) is 2. The first-order valence-corrected chi connectivity index (χ1v) is 15.6. The van der Waals surface area contributed by atoms with E-state index in [4.69, 9.17) is 4.74 Å². The van der Waals surface area contributed by atoms with E-state index in [9.17, 15) is 18.3 Å². The normalized spacial score (nSPS) is 21.1. The van der Waals surface area contributed by atoms with Crippen molar-refractivity contribution in [2.75, 3.05) is 49.7 Å². The highest BCUT2D eigenvalue weighted by Gasteiger charge is 2.50. The summed E-state index contributed by atoms with van der Waals surface area (Å²) in [6, 6.07) is 13.4. The van der Waals surface area contributed by atoms with Crippen molar-refractivity contribution >= 4 is 34.0 Å². The van der Waals surface area contributed by atoms with Crippen LogP contribution in [0.25, 0.3) is 10.9 Å². The Kier molecular flexibility index (Phi) is 9.41. The summed E-state index contributed by atoms with van der Waals surface area (Å²) in [6.07, 6.45) is 9.86. The predicted molar refractivity (Wildman–Crippen MR) is 168 cm³/mol. The lowest BCUT2D eigenvalue weighted by molar-refractivity contribution is -0.200. The van der Waals surface area contributed by atoms with Crippen LogP contribution in [-0.4, -0.2) is 71.9 Å². The summed E-state index contributed by atoms with van der Waals surface area (Å²) in [6.45, 7) is 3.16. The number of hydrogen-bond acceptors (Lipinski definition) is 6. The van der Waals surface area contributed by atoms with Crippen molar-refractivity contribution in [3.8, 4) is 30.4 Å². The van der Waals surface area contributed by atoms with Crippen molar-refractivity contribution in [3.05, 3.63) is 48.2 Å². The quantitative estimate of drug-likeness (QED) is 0.164. The number of likely N-dealkylation sites (tertiary alicyclic amines) is 1. The van der Waals surface area contributed by atoms with Gasteiger partial charge in [-0.2, -0.15) is 13.2 Å². The summed E-state index contributed by atoms with van der Waals surface area (Å²) in [7, 11) is 0. The van der Waals surface area contributed by atoms with Crippen LogP contribution in [0.1, 0.15) is 31.4 Å². The Morgan fingerprint density at radius 3 is 2.44 bits per heavy atom. The number of halogens is 3. The minimum atomic E-state index is -4.38. The number of aromatic nitrogens is 1. The molecule has 2 aromatic carbocycles. The molecule has 1 aromatic heterocycles. The molecule has 43 heavy (non-hydrogen) atoms. The van der Waals surface area contributed by atoms with Gasteiger partial charge >= 0.3 is 6.18 Å². The average molecular weight is 611 g/mol. The van der Waals surface area contributed by atoms with Gasteiger partial charge in [0.25, 0.3) is 0 Å². The van der Waals surface area contributed by atoms with E-state index in [0.717, 1.165) is 68.0 Å². The Labute approximate surface area is 255 Å². The molecule has 3 aromatic rings. The Hall–Kier alpha value is -3.44. The van der Waals surface area contributed by atoms with Crippen molar-refractivity contribution < 1.29 is 23.0 Å². The number of hydrogen-bond donors (Lipinski definition) is 3. The molecule has 3 heterocycles. The number of alkyl halides is 3. The predicted octanol–water partition coefficient (Wildman–Crippen LogP) is 6.40. The zero-order chi connectivity index (χ0) is 30.6. The molecule has 0 unspecified atom stereocenters. The molecule has 2 saturated heterocycles. The minimum absolute atomic E-state index is 0.108. The van der Waals surface area contributed by atoms with Gasteiger partial charge in [-0.1, -0.05) is 12.0 Å². The van der Waals surface area contributed by atoms with E-state index in [1.165, 1.54) is 16.3 Å². The molecule has 0 amide bonds. The van der Waals surface area contributed by atoms with Crippen molar-refractivity contribution in [1.29, 1.82) is 0 Å². The maximum atomic E-state index is 13.6. The maximum Gasteiger partial charge on any atom is 0.406 e. The molecule has 1 aliphatic carbocycles. The molecule has 6 nitrogen and oxygen atoms in total. The summed E-state index contributed by atoms with van der Waals surface area (Å²) in [4.78, 5) is 3.53. The van der Waals surface area contributed by atoms with Gasteiger partial charge < -0.3 is 25.0 Å². The SMILES string of the molecule is C#C.CSc1ccc(NCC#Cc2cc3c(NC4CCC(N5CC6(COC6)C5)CC4)cccc3n2CC(F)(F)F)c(O)c1. The monoisotopic (exact) mass is 610 g/mol. The first-order valence-electron chi connectivity index (χ1n) is 14.4. The van der Waals surface area contributed by atoms with E-state index in [-0.39, 0.29) is 18.3 Å². The molecule has 3 N–H and O–H groups in total. The number of terminal acetylenes is 1. The Balaban J connectivity index is 0.00000180. The van der Waals surface area contributed by atoms with Crippen LogP contribution in [0.2, 0.25) is 0 Å². The molecule has 3 aliphatic rings. The second-order valence-electron chi connectivity index (χ2n) is 11.6. The third-order valence-electron chi connectivity index (χ3n) is 8.54. The van der Waals surface area contributed by atoms with Crippen LogP contribution in [-0.2, 0) is 11.3 Å². The molecule has 10 heteroatoms. The van der Waals surface area contributed by atoms with E-state index in [0.29, 0.717) is 28.4 Å². The second-order valence-corrected chi connectivity index (χ2v) is 12.4. The van der Waals surface area contributed by atoms with Gasteiger partial charge in [-0.3, -0.25) is 4.90 Å². The lowest BCUT2D eigenvalue weighted by atomic mass is 9.75. The fourth-order valence-electron chi connectivity index (χ4n) is 6.38. The topological polar surface area (TPSA) is 61.7 Å². The number of rotatable bonds is 7. The van der Waals surface area contributed by atoms with Crippen LogP contribution in [0.15, 0.2) is 47.4 Å². The lowest BCUT2D eigenvalue weighted by Gasteiger charge is -2.58. The maximum absolute atomic E-state index is 13.6. The fraction of sp³-hybridized carbons (Fsp3) is 0.455. The first-order chi connectivity index (χ1) is 20.7. The fourth-order valence-corrected chi connectivity index (χ4v) is 6.81.